The summed E-state index contributed by atoms with van der Waals surface area (Å²) >= 11 is 6.67. The average Bonchev–Trinajstić information content (AvgIpc) is 2.96. The van der Waals surface area contributed by atoms with Gasteiger partial charge in [-0.15, -0.1) is 11.3 Å². The molecule has 1 aliphatic carbocycles. The molecule has 18 heavy (non-hydrogen) atoms. The van der Waals surface area contributed by atoms with Gasteiger partial charge in [0.05, 0.1) is 16.4 Å². The van der Waals surface area contributed by atoms with Crippen molar-refractivity contribution < 1.29 is 4.79 Å². The molecule has 1 unspecified atom stereocenters. The van der Waals surface area contributed by atoms with E-state index in [1.165, 1.54) is 4.88 Å². The molecule has 1 amide bonds. The molecule has 1 atom stereocenters. The standard InChI is InChI=1S/C13H18N2OS2/c1-8(2)10(9-4-3-7-18-9)15-12(16)13(5-6-13)11(14)17/h3-4,7-8,10H,5-6H2,1-2H3,(H2,14,17)(H,15,16). The SMILES string of the molecule is CC(C)C(NC(=O)C1(C(N)=S)CC1)c1cccs1. The van der Waals surface area contributed by atoms with E-state index in [0.717, 1.165) is 12.8 Å². The minimum Gasteiger partial charge on any atom is -0.392 e. The molecule has 0 saturated heterocycles. The molecule has 1 aliphatic rings. The zero-order chi connectivity index (χ0) is 13.3. The maximum atomic E-state index is 12.3. The van der Waals surface area contributed by atoms with Crippen LogP contribution in [0.25, 0.3) is 0 Å². The number of thiophene rings is 1. The van der Waals surface area contributed by atoms with E-state index < -0.39 is 5.41 Å². The summed E-state index contributed by atoms with van der Waals surface area (Å²) in [6.45, 7) is 4.20. The summed E-state index contributed by atoms with van der Waals surface area (Å²) in [4.78, 5) is 13.8. The van der Waals surface area contributed by atoms with Crippen LogP contribution in [-0.4, -0.2) is 10.9 Å². The van der Waals surface area contributed by atoms with Gasteiger partial charge in [-0.25, -0.2) is 0 Å². The molecule has 0 radical (unpaired) electrons. The van der Waals surface area contributed by atoms with Gasteiger partial charge in [0, 0.05) is 4.88 Å². The summed E-state index contributed by atoms with van der Waals surface area (Å²) in [5.41, 5.74) is 5.11. The van der Waals surface area contributed by atoms with Crippen molar-refractivity contribution in [1.82, 2.24) is 5.32 Å². The lowest BCUT2D eigenvalue weighted by Gasteiger charge is -2.24. The van der Waals surface area contributed by atoms with E-state index in [1.54, 1.807) is 11.3 Å². The highest BCUT2D eigenvalue weighted by molar-refractivity contribution is 7.80. The van der Waals surface area contributed by atoms with Gasteiger partial charge in [0.1, 0.15) is 0 Å². The molecule has 1 aromatic heterocycles. The van der Waals surface area contributed by atoms with Crippen LogP contribution in [0.1, 0.15) is 37.6 Å². The quantitative estimate of drug-likeness (QED) is 0.816. The van der Waals surface area contributed by atoms with Crippen LogP contribution in [0.4, 0.5) is 0 Å². The lowest BCUT2D eigenvalue weighted by atomic mass is 10.00. The van der Waals surface area contributed by atoms with Crippen LogP contribution in [0, 0.1) is 11.3 Å². The summed E-state index contributed by atoms with van der Waals surface area (Å²) in [6.07, 6.45) is 1.56. The van der Waals surface area contributed by atoms with Gasteiger partial charge in [0.2, 0.25) is 5.91 Å². The van der Waals surface area contributed by atoms with E-state index in [1.807, 2.05) is 11.4 Å². The van der Waals surface area contributed by atoms with Crippen molar-refractivity contribution in [2.45, 2.75) is 32.7 Å². The van der Waals surface area contributed by atoms with Gasteiger partial charge in [-0.1, -0.05) is 32.1 Å². The van der Waals surface area contributed by atoms with Crippen molar-refractivity contribution in [2.75, 3.05) is 0 Å². The van der Waals surface area contributed by atoms with E-state index in [2.05, 4.69) is 25.2 Å². The highest BCUT2D eigenvalue weighted by Gasteiger charge is 2.53. The molecule has 0 spiro atoms. The second-order valence-electron chi connectivity index (χ2n) is 5.16. The Morgan fingerprint density at radius 1 is 1.56 bits per heavy atom. The third-order valence-corrected chi connectivity index (χ3v) is 4.81. The molecule has 2 rings (SSSR count). The van der Waals surface area contributed by atoms with E-state index in [9.17, 15) is 4.79 Å². The topological polar surface area (TPSA) is 55.1 Å². The third kappa shape index (κ3) is 2.42. The Morgan fingerprint density at radius 3 is 2.61 bits per heavy atom. The van der Waals surface area contributed by atoms with Gasteiger partial charge in [-0.3, -0.25) is 4.79 Å². The molecule has 1 heterocycles. The first kappa shape index (κ1) is 13.5. The van der Waals surface area contributed by atoms with Gasteiger partial charge in [0.25, 0.3) is 0 Å². The predicted octanol–water partition coefficient (Wildman–Crippen LogP) is 2.63. The Hall–Kier alpha value is -0.940. The third-order valence-electron chi connectivity index (χ3n) is 3.46. The predicted molar refractivity (Wildman–Crippen MR) is 78.5 cm³/mol. The van der Waals surface area contributed by atoms with Gasteiger partial charge in [-0.2, -0.15) is 0 Å². The zero-order valence-corrected chi connectivity index (χ0v) is 12.2. The number of nitrogens with two attached hydrogens (primary N) is 1. The fourth-order valence-corrected chi connectivity index (χ4v) is 3.27. The Bertz CT molecular complexity index is 450. The molecule has 3 nitrogen and oxygen atoms in total. The van der Waals surface area contributed by atoms with Gasteiger partial charge in [-0.05, 0) is 30.2 Å². The van der Waals surface area contributed by atoms with Crippen molar-refractivity contribution in [2.24, 2.45) is 17.1 Å². The summed E-state index contributed by atoms with van der Waals surface area (Å²) in [7, 11) is 0. The number of rotatable bonds is 5. The first-order chi connectivity index (χ1) is 8.47. The van der Waals surface area contributed by atoms with Crippen LogP contribution < -0.4 is 11.1 Å². The number of amides is 1. The summed E-state index contributed by atoms with van der Waals surface area (Å²) in [6, 6.07) is 4.10. The van der Waals surface area contributed by atoms with Crippen molar-refractivity contribution in [3.8, 4) is 0 Å². The monoisotopic (exact) mass is 282 g/mol. The number of thiocarbonyl (C=S) groups is 1. The van der Waals surface area contributed by atoms with E-state index in [-0.39, 0.29) is 11.9 Å². The molecule has 5 heteroatoms. The van der Waals surface area contributed by atoms with E-state index in [4.69, 9.17) is 18.0 Å². The first-order valence-electron chi connectivity index (χ1n) is 6.11. The maximum Gasteiger partial charge on any atom is 0.233 e. The minimum atomic E-state index is -0.570. The zero-order valence-electron chi connectivity index (χ0n) is 10.6. The molecule has 0 aromatic carbocycles. The smallest absolute Gasteiger partial charge is 0.233 e. The van der Waals surface area contributed by atoms with Crippen LogP contribution in [-0.2, 0) is 4.79 Å². The van der Waals surface area contributed by atoms with Crippen LogP contribution in [0.2, 0.25) is 0 Å². The molecular weight excluding hydrogens is 264 g/mol. The highest BCUT2D eigenvalue weighted by atomic mass is 32.1. The van der Waals surface area contributed by atoms with E-state index in [0.29, 0.717) is 10.9 Å². The van der Waals surface area contributed by atoms with Crippen LogP contribution in [0.5, 0.6) is 0 Å². The van der Waals surface area contributed by atoms with Crippen LogP contribution >= 0.6 is 23.6 Å². The fraction of sp³-hybridized carbons (Fsp3) is 0.538. The summed E-state index contributed by atoms with van der Waals surface area (Å²) in [5.74, 6) is 0.330. The van der Waals surface area contributed by atoms with Crippen molar-refractivity contribution in [3.05, 3.63) is 22.4 Å². The van der Waals surface area contributed by atoms with E-state index >= 15 is 0 Å². The second-order valence-corrected chi connectivity index (χ2v) is 6.58. The van der Waals surface area contributed by atoms with Gasteiger partial charge < -0.3 is 11.1 Å². The number of carbonyl (C=O) groups excluding carboxylic acids is 1. The number of hydrogen-bond donors (Lipinski definition) is 2. The molecule has 0 aliphatic heterocycles. The Labute approximate surface area is 117 Å². The largest absolute Gasteiger partial charge is 0.392 e. The summed E-state index contributed by atoms with van der Waals surface area (Å²) in [5, 5.41) is 5.13. The molecule has 1 fully saturated rings. The van der Waals surface area contributed by atoms with Crippen molar-refractivity contribution in [1.29, 1.82) is 0 Å². The lowest BCUT2D eigenvalue weighted by Crippen LogP contribution is -2.42. The Morgan fingerprint density at radius 2 is 2.22 bits per heavy atom. The molecule has 1 aromatic rings. The second kappa shape index (κ2) is 4.97. The Balaban J connectivity index is 2.11. The molecule has 98 valence electrons. The molecule has 0 bridgehead atoms. The summed E-state index contributed by atoms with van der Waals surface area (Å²) < 4.78 is 0. The van der Waals surface area contributed by atoms with Gasteiger partial charge in [0.15, 0.2) is 0 Å². The maximum absolute atomic E-state index is 12.3. The Kier molecular flexibility index (Phi) is 3.73. The number of carbonyl (C=O) groups is 1. The fourth-order valence-electron chi connectivity index (χ4n) is 2.02. The van der Waals surface area contributed by atoms with Crippen molar-refractivity contribution >= 4 is 34.5 Å². The molecule has 3 N–H and O–H groups in total. The lowest BCUT2D eigenvalue weighted by molar-refractivity contribution is -0.125. The molecule has 1 saturated carbocycles. The average molecular weight is 282 g/mol. The van der Waals surface area contributed by atoms with Crippen LogP contribution in [0.15, 0.2) is 17.5 Å². The van der Waals surface area contributed by atoms with Crippen molar-refractivity contribution in [3.63, 3.8) is 0 Å². The minimum absolute atomic E-state index is 0.0119. The first-order valence-corrected chi connectivity index (χ1v) is 7.40. The highest BCUT2D eigenvalue weighted by Crippen LogP contribution is 2.46. The normalized spacial score (nSPS) is 18.4. The molecular formula is C13H18N2OS2. The number of hydrogen-bond acceptors (Lipinski definition) is 3. The van der Waals surface area contributed by atoms with Crippen LogP contribution in [0.3, 0.4) is 0 Å². The number of nitrogens with one attached hydrogen (secondary N) is 1. The van der Waals surface area contributed by atoms with Gasteiger partial charge >= 0.3 is 0 Å².